The van der Waals surface area contributed by atoms with E-state index in [1.165, 1.54) is 0 Å². The maximum absolute atomic E-state index is 6.56. The van der Waals surface area contributed by atoms with Gasteiger partial charge in [0.05, 0.1) is 6.20 Å². The first kappa shape index (κ1) is 13.8. The van der Waals surface area contributed by atoms with E-state index in [2.05, 4.69) is 40.7 Å². The van der Waals surface area contributed by atoms with Gasteiger partial charge in [-0.05, 0) is 6.42 Å². The highest BCUT2D eigenvalue weighted by Gasteiger charge is 2.42. The van der Waals surface area contributed by atoms with Gasteiger partial charge in [-0.1, -0.05) is 67.6 Å². The van der Waals surface area contributed by atoms with Gasteiger partial charge in [0.1, 0.15) is 5.76 Å². The Morgan fingerprint density at radius 2 is 1.70 bits per heavy atom. The van der Waals surface area contributed by atoms with E-state index >= 15 is 0 Å². The molecule has 0 bridgehead atoms. The van der Waals surface area contributed by atoms with Gasteiger partial charge in [-0.2, -0.15) is 0 Å². The maximum Gasteiger partial charge on any atom is 0.191 e. The predicted molar refractivity (Wildman–Crippen MR) is 91.4 cm³/mol. The van der Waals surface area contributed by atoms with Crippen molar-refractivity contribution in [1.82, 2.24) is 9.55 Å². The van der Waals surface area contributed by atoms with Crippen LogP contribution in [0.1, 0.15) is 30.3 Å². The van der Waals surface area contributed by atoms with Crippen LogP contribution in [0.4, 0.5) is 0 Å². The standard InChI is InChI=1S/C20H18N2O/c1-2-20(17-11-7-4-8-12-17)19-21-13-14-22(19)15-18(23-20)16-9-5-3-6-10-16/h3-15H,2H2,1H3. The van der Waals surface area contributed by atoms with Crippen LogP contribution >= 0.6 is 0 Å². The number of ether oxygens (including phenoxy) is 1. The second kappa shape index (κ2) is 5.43. The Kier molecular flexibility index (Phi) is 3.27. The van der Waals surface area contributed by atoms with Crippen LogP contribution in [0, 0.1) is 0 Å². The van der Waals surface area contributed by atoms with E-state index < -0.39 is 5.60 Å². The molecule has 0 radical (unpaired) electrons. The van der Waals surface area contributed by atoms with Crippen molar-refractivity contribution in [2.45, 2.75) is 18.9 Å². The number of imidazole rings is 1. The minimum absolute atomic E-state index is 0.565. The Bertz CT molecular complexity index is 836. The Hall–Kier alpha value is -2.81. The summed E-state index contributed by atoms with van der Waals surface area (Å²) in [7, 11) is 0. The summed E-state index contributed by atoms with van der Waals surface area (Å²) in [6, 6.07) is 20.5. The third kappa shape index (κ3) is 2.16. The van der Waals surface area contributed by atoms with Crippen molar-refractivity contribution in [3.63, 3.8) is 0 Å². The van der Waals surface area contributed by atoms with Crippen LogP contribution < -0.4 is 0 Å². The van der Waals surface area contributed by atoms with E-state index in [-0.39, 0.29) is 0 Å². The van der Waals surface area contributed by atoms with Crippen molar-refractivity contribution >= 4 is 12.0 Å². The van der Waals surface area contributed by atoms with Crippen LogP contribution in [-0.4, -0.2) is 9.55 Å². The largest absolute Gasteiger partial charge is 0.472 e. The third-order valence-corrected chi connectivity index (χ3v) is 4.37. The summed E-state index contributed by atoms with van der Waals surface area (Å²) < 4.78 is 8.63. The lowest BCUT2D eigenvalue weighted by molar-refractivity contribution is 0.0584. The summed E-state index contributed by atoms with van der Waals surface area (Å²) in [5.74, 6) is 1.78. The SMILES string of the molecule is CCC1(c2ccccc2)OC(c2ccccc2)=Cn2ccnc21. The molecule has 4 rings (SSSR count). The minimum Gasteiger partial charge on any atom is -0.472 e. The molecule has 0 aliphatic carbocycles. The van der Waals surface area contributed by atoms with Crippen molar-refractivity contribution in [3.05, 3.63) is 90.0 Å². The highest BCUT2D eigenvalue weighted by molar-refractivity contribution is 5.72. The number of aromatic nitrogens is 2. The average molecular weight is 302 g/mol. The Morgan fingerprint density at radius 1 is 1.00 bits per heavy atom. The van der Waals surface area contributed by atoms with Crippen molar-refractivity contribution < 1.29 is 4.74 Å². The smallest absolute Gasteiger partial charge is 0.191 e. The Morgan fingerprint density at radius 3 is 2.39 bits per heavy atom. The summed E-state index contributed by atoms with van der Waals surface area (Å²) in [5.41, 5.74) is 1.63. The van der Waals surface area contributed by atoms with Gasteiger partial charge in [0.15, 0.2) is 11.4 Å². The number of rotatable bonds is 3. The van der Waals surface area contributed by atoms with Gasteiger partial charge in [-0.25, -0.2) is 4.98 Å². The van der Waals surface area contributed by atoms with Crippen LogP contribution in [0.2, 0.25) is 0 Å². The number of hydrogen-bond donors (Lipinski definition) is 0. The van der Waals surface area contributed by atoms with E-state index in [0.717, 1.165) is 29.1 Å². The molecule has 1 unspecified atom stereocenters. The lowest BCUT2D eigenvalue weighted by Gasteiger charge is -2.37. The maximum atomic E-state index is 6.56. The van der Waals surface area contributed by atoms with Crippen molar-refractivity contribution in [3.8, 4) is 0 Å². The quantitative estimate of drug-likeness (QED) is 0.711. The molecule has 3 nitrogen and oxygen atoms in total. The summed E-state index contributed by atoms with van der Waals surface area (Å²) >= 11 is 0. The predicted octanol–water partition coefficient (Wildman–Crippen LogP) is 4.52. The lowest BCUT2D eigenvalue weighted by atomic mass is 9.88. The molecule has 3 heteroatoms. The minimum atomic E-state index is -0.565. The topological polar surface area (TPSA) is 27.1 Å². The molecule has 0 spiro atoms. The van der Waals surface area contributed by atoms with Crippen molar-refractivity contribution in [1.29, 1.82) is 0 Å². The fourth-order valence-electron chi connectivity index (χ4n) is 3.18. The molecular formula is C20H18N2O. The molecule has 3 aromatic rings. The lowest BCUT2D eigenvalue weighted by Crippen LogP contribution is -2.35. The van der Waals surface area contributed by atoms with E-state index in [4.69, 9.17) is 4.74 Å². The molecule has 0 N–H and O–H groups in total. The van der Waals surface area contributed by atoms with Crippen LogP contribution in [0.25, 0.3) is 12.0 Å². The monoisotopic (exact) mass is 302 g/mol. The zero-order valence-corrected chi connectivity index (χ0v) is 13.0. The first-order chi connectivity index (χ1) is 11.3. The van der Waals surface area contributed by atoms with Gasteiger partial charge in [0.2, 0.25) is 0 Å². The number of hydrogen-bond acceptors (Lipinski definition) is 2. The van der Waals surface area contributed by atoms with Crippen LogP contribution in [-0.2, 0) is 10.3 Å². The second-order valence-corrected chi connectivity index (χ2v) is 5.67. The molecule has 1 aliphatic heterocycles. The summed E-state index contributed by atoms with van der Waals surface area (Å²) in [5, 5.41) is 0. The molecule has 0 saturated heterocycles. The summed E-state index contributed by atoms with van der Waals surface area (Å²) in [4.78, 5) is 4.58. The van der Waals surface area contributed by atoms with Crippen molar-refractivity contribution in [2.75, 3.05) is 0 Å². The molecule has 114 valence electrons. The fraction of sp³-hybridized carbons (Fsp3) is 0.150. The van der Waals surface area contributed by atoms with Crippen molar-refractivity contribution in [2.24, 2.45) is 0 Å². The Balaban J connectivity index is 1.91. The molecule has 1 atom stereocenters. The van der Waals surface area contributed by atoms with Gasteiger partial charge in [-0.3, -0.25) is 0 Å². The molecule has 1 aliphatic rings. The van der Waals surface area contributed by atoms with Gasteiger partial charge >= 0.3 is 0 Å². The van der Waals surface area contributed by atoms with Crippen LogP contribution in [0.3, 0.4) is 0 Å². The average Bonchev–Trinajstić information content (AvgIpc) is 3.11. The highest BCUT2D eigenvalue weighted by Crippen LogP contribution is 2.43. The fourth-order valence-corrected chi connectivity index (χ4v) is 3.18. The van der Waals surface area contributed by atoms with E-state index in [1.54, 1.807) is 0 Å². The van der Waals surface area contributed by atoms with E-state index in [0.29, 0.717) is 0 Å². The normalized spacial score (nSPS) is 19.6. The van der Waals surface area contributed by atoms with Gasteiger partial charge in [0.25, 0.3) is 0 Å². The van der Waals surface area contributed by atoms with Gasteiger partial charge < -0.3 is 9.30 Å². The molecule has 1 aromatic heterocycles. The summed E-state index contributed by atoms with van der Waals surface area (Å²) in [6.45, 7) is 2.14. The van der Waals surface area contributed by atoms with Gasteiger partial charge in [-0.15, -0.1) is 0 Å². The number of fused-ring (bicyclic) bond motifs is 1. The molecule has 2 aromatic carbocycles. The Labute approximate surface area is 135 Å². The third-order valence-electron chi connectivity index (χ3n) is 4.37. The second-order valence-electron chi connectivity index (χ2n) is 5.67. The summed E-state index contributed by atoms with van der Waals surface area (Å²) in [6.07, 6.45) is 6.62. The molecule has 0 fully saturated rings. The zero-order valence-electron chi connectivity index (χ0n) is 13.0. The highest BCUT2D eigenvalue weighted by atomic mass is 16.5. The number of benzene rings is 2. The molecular weight excluding hydrogens is 284 g/mol. The molecule has 0 saturated carbocycles. The number of nitrogens with zero attached hydrogens (tertiary/aromatic N) is 2. The molecule has 0 amide bonds. The first-order valence-corrected chi connectivity index (χ1v) is 7.88. The molecule has 23 heavy (non-hydrogen) atoms. The van der Waals surface area contributed by atoms with Crippen LogP contribution in [0.5, 0.6) is 0 Å². The van der Waals surface area contributed by atoms with Gasteiger partial charge in [0, 0.05) is 23.5 Å². The molecule has 2 heterocycles. The van der Waals surface area contributed by atoms with Crippen LogP contribution in [0.15, 0.2) is 73.1 Å². The zero-order chi connectivity index (χ0) is 15.7. The van der Waals surface area contributed by atoms with E-state index in [9.17, 15) is 0 Å². The van der Waals surface area contributed by atoms with E-state index in [1.807, 2.05) is 55.0 Å². The first-order valence-electron chi connectivity index (χ1n) is 7.88.